The van der Waals surface area contributed by atoms with Gasteiger partial charge in [0.25, 0.3) is 5.91 Å². The van der Waals surface area contributed by atoms with Crippen molar-refractivity contribution < 1.29 is 9.18 Å². The summed E-state index contributed by atoms with van der Waals surface area (Å²) in [6, 6.07) is 6.10. The molecule has 0 saturated carbocycles. The number of rotatable bonds is 4. The lowest BCUT2D eigenvalue weighted by Crippen LogP contribution is -2.13. The molecule has 19 heavy (non-hydrogen) atoms. The molecule has 1 heterocycles. The van der Waals surface area contributed by atoms with Crippen LogP contribution in [0.25, 0.3) is 11.1 Å². The predicted molar refractivity (Wildman–Crippen MR) is 69.9 cm³/mol. The average molecular weight is 259 g/mol. The van der Waals surface area contributed by atoms with E-state index in [-0.39, 0.29) is 5.56 Å². The lowest BCUT2D eigenvalue weighted by molar-refractivity contribution is 0.0996. The first-order valence-electron chi connectivity index (χ1n) is 6.03. The number of carbonyl (C=O) groups is 1. The Bertz CT molecular complexity index is 613. The minimum absolute atomic E-state index is 0.114. The zero-order valence-electron chi connectivity index (χ0n) is 10.6. The van der Waals surface area contributed by atoms with Gasteiger partial charge < -0.3 is 5.73 Å². The van der Waals surface area contributed by atoms with Crippen LogP contribution in [0.4, 0.5) is 4.39 Å². The number of amides is 1. The van der Waals surface area contributed by atoms with Gasteiger partial charge in [-0.05, 0) is 30.2 Å². The zero-order chi connectivity index (χ0) is 13.8. The van der Waals surface area contributed by atoms with Crippen molar-refractivity contribution in [2.75, 3.05) is 0 Å². The van der Waals surface area contributed by atoms with E-state index in [4.69, 9.17) is 5.73 Å². The first-order chi connectivity index (χ1) is 9.13. The highest BCUT2D eigenvalue weighted by molar-refractivity contribution is 5.94. The second-order valence-corrected chi connectivity index (χ2v) is 4.20. The first-order valence-corrected chi connectivity index (χ1v) is 6.03. The molecular formula is C14H14FN3O. The van der Waals surface area contributed by atoms with Crippen LogP contribution in [0.1, 0.15) is 29.4 Å². The highest BCUT2D eigenvalue weighted by Gasteiger charge is 2.12. The monoisotopic (exact) mass is 259 g/mol. The molecule has 0 saturated heterocycles. The molecule has 0 fully saturated rings. The summed E-state index contributed by atoms with van der Waals surface area (Å²) in [7, 11) is 0. The van der Waals surface area contributed by atoms with Crippen LogP contribution in [-0.4, -0.2) is 16.1 Å². The predicted octanol–water partition coefficient (Wildman–Crippen LogP) is 2.33. The molecule has 0 aliphatic rings. The molecule has 4 nitrogen and oxygen atoms in total. The van der Waals surface area contributed by atoms with Gasteiger partial charge in [0.15, 0.2) is 0 Å². The summed E-state index contributed by atoms with van der Waals surface area (Å²) in [6.07, 6.45) is 3.27. The summed E-state index contributed by atoms with van der Waals surface area (Å²) in [4.78, 5) is 11.2. The van der Waals surface area contributed by atoms with E-state index in [1.165, 1.54) is 12.1 Å². The van der Waals surface area contributed by atoms with Gasteiger partial charge in [-0.1, -0.05) is 19.4 Å². The summed E-state index contributed by atoms with van der Waals surface area (Å²) in [5.41, 5.74) is 7.43. The zero-order valence-corrected chi connectivity index (χ0v) is 10.6. The SMILES string of the molecule is CCCc1nnccc1-c1ccc(F)c(C(N)=O)c1. The lowest BCUT2D eigenvalue weighted by Gasteiger charge is -2.08. The van der Waals surface area contributed by atoms with Gasteiger partial charge in [0.2, 0.25) is 0 Å². The molecule has 2 N–H and O–H groups in total. The molecule has 0 aliphatic heterocycles. The average Bonchev–Trinajstić information content (AvgIpc) is 2.40. The standard InChI is InChI=1S/C14H14FN3O/c1-2-3-13-10(6-7-17-18-13)9-4-5-12(15)11(8-9)14(16)19/h4-8H,2-3H2,1H3,(H2,16,19). The number of nitrogens with two attached hydrogens (primary N) is 1. The molecular weight excluding hydrogens is 245 g/mol. The van der Waals surface area contributed by atoms with Crippen LogP contribution in [0.3, 0.4) is 0 Å². The molecule has 5 heteroatoms. The summed E-state index contributed by atoms with van der Waals surface area (Å²) < 4.78 is 13.5. The molecule has 1 amide bonds. The maximum Gasteiger partial charge on any atom is 0.251 e. The van der Waals surface area contributed by atoms with Crippen molar-refractivity contribution in [2.45, 2.75) is 19.8 Å². The smallest absolute Gasteiger partial charge is 0.251 e. The van der Waals surface area contributed by atoms with Crippen molar-refractivity contribution in [3.63, 3.8) is 0 Å². The van der Waals surface area contributed by atoms with Crippen LogP contribution in [0.15, 0.2) is 30.5 Å². The third-order valence-electron chi connectivity index (χ3n) is 2.83. The fourth-order valence-corrected chi connectivity index (χ4v) is 1.93. The summed E-state index contributed by atoms with van der Waals surface area (Å²) in [5, 5.41) is 7.93. The molecule has 2 aromatic rings. The molecule has 0 unspecified atom stereocenters. The van der Waals surface area contributed by atoms with Crippen molar-refractivity contribution in [1.29, 1.82) is 0 Å². The molecule has 0 aliphatic carbocycles. The molecule has 1 aromatic carbocycles. The van der Waals surface area contributed by atoms with Crippen LogP contribution in [0.2, 0.25) is 0 Å². The van der Waals surface area contributed by atoms with Gasteiger partial charge in [-0.2, -0.15) is 10.2 Å². The highest BCUT2D eigenvalue weighted by Crippen LogP contribution is 2.24. The number of primary amides is 1. The minimum atomic E-state index is -0.779. The van der Waals surface area contributed by atoms with Gasteiger partial charge in [0.1, 0.15) is 5.82 Å². The second-order valence-electron chi connectivity index (χ2n) is 4.20. The van der Waals surface area contributed by atoms with E-state index in [1.807, 2.05) is 6.92 Å². The van der Waals surface area contributed by atoms with E-state index in [0.29, 0.717) is 5.56 Å². The van der Waals surface area contributed by atoms with E-state index in [9.17, 15) is 9.18 Å². The number of hydrogen-bond donors (Lipinski definition) is 1. The fraction of sp³-hybridized carbons (Fsp3) is 0.214. The van der Waals surface area contributed by atoms with Gasteiger partial charge in [0, 0.05) is 5.56 Å². The van der Waals surface area contributed by atoms with Crippen molar-refractivity contribution in [1.82, 2.24) is 10.2 Å². The number of hydrogen-bond acceptors (Lipinski definition) is 3. The number of halogens is 1. The van der Waals surface area contributed by atoms with E-state index in [0.717, 1.165) is 24.1 Å². The molecule has 0 radical (unpaired) electrons. The van der Waals surface area contributed by atoms with Crippen molar-refractivity contribution in [3.05, 3.63) is 47.5 Å². The third-order valence-corrected chi connectivity index (χ3v) is 2.83. The van der Waals surface area contributed by atoms with E-state index in [2.05, 4.69) is 10.2 Å². The summed E-state index contributed by atoms with van der Waals surface area (Å²) >= 11 is 0. The Balaban J connectivity index is 2.53. The highest BCUT2D eigenvalue weighted by atomic mass is 19.1. The second kappa shape index (κ2) is 5.56. The Hall–Kier alpha value is -2.30. The summed E-state index contributed by atoms with van der Waals surface area (Å²) in [5.74, 6) is -1.39. The van der Waals surface area contributed by atoms with Crippen LogP contribution in [0, 0.1) is 5.82 Å². The molecule has 0 bridgehead atoms. The first kappa shape index (κ1) is 13.1. The Morgan fingerprint density at radius 2 is 2.16 bits per heavy atom. The molecule has 0 spiro atoms. The fourth-order valence-electron chi connectivity index (χ4n) is 1.93. The quantitative estimate of drug-likeness (QED) is 0.916. The number of benzene rings is 1. The molecule has 98 valence electrons. The van der Waals surface area contributed by atoms with Gasteiger partial charge in [-0.15, -0.1) is 0 Å². The lowest BCUT2D eigenvalue weighted by atomic mass is 10.00. The maximum atomic E-state index is 13.5. The number of aryl methyl sites for hydroxylation is 1. The van der Waals surface area contributed by atoms with E-state index < -0.39 is 11.7 Å². The molecule has 2 rings (SSSR count). The minimum Gasteiger partial charge on any atom is -0.366 e. The van der Waals surface area contributed by atoms with Gasteiger partial charge >= 0.3 is 0 Å². The third kappa shape index (κ3) is 2.76. The van der Waals surface area contributed by atoms with Crippen LogP contribution in [0.5, 0.6) is 0 Å². The number of nitrogens with zero attached hydrogens (tertiary/aromatic N) is 2. The summed E-state index contributed by atoms with van der Waals surface area (Å²) in [6.45, 7) is 2.04. The Morgan fingerprint density at radius 1 is 1.37 bits per heavy atom. The largest absolute Gasteiger partial charge is 0.366 e. The van der Waals surface area contributed by atoms with E-state index >= 15 is 0 Å². The maximum absolute atomic E-state index is 13.5. The number of aromatic nitrogens is 2. The van der Waals surface area contributed by atoms with Crippen LogP contribution >= 0.6 is 0 Å². The number of carbonyl (C=O) groups excluding carboxylic acids is 1. The normalized spacial score (nSPS) is 10.4. The van der Waals surface area contributed by atoms with Gasteiger partial charge in [-0.25, -0.2) is 4.39 Å². The topological polar surface area (TPSA) is 68.9 Å². The van der Waals surface area contributed by atoms with Crippen molar-refractivity contribution in [3.8, 4) is 11.1 Å². The Labute approximate surface area is 110 Å². The van der Waals surface area contributed by atoms with Crippen molar-refractivity contribution in [2.24, 2.45) is 5.73 Å². The Morgan fingerprint density at radius 3 is 2.84 bits per heavy atom. The molecule has 0 atom stereocenters. The Kier molecular flexibility index (Phi) is 3.85. The van der Waals surface area contributed by atoms with Gasteiger partial charge in [-0.3, -0.25) is 4.79 Å². The van der Waals surface area contributed by atoms with Gasteiger partial charge in [0.05, 0.1) is 17.5 Å². The molecule has 1 aromatic heterocycles. The van der Waals surface area contributed by atoms with Crippen LogP contribution in [-0.2, 0) is 6.42 Å². The van der Waals surface area contributed by atoms with Crippen LogP contribution < -0.4 is 5.73 Å². The van der Waals surface area contributed by atoms with E-state index in [1.54, 1.807) is 18.3 Å². The van der Waals surface area contributed by atoms with Crippen molar-refractivity contribution >= 4 is 5.91 Å².